The van der Waals surface area contributed by atoms with Crippen molar-refractivity contribution in [3.63, 3.8) is 0 Å². The van der Waals surface area contributed by atoms with Gasteiger partial charge in [0.25, 0.3) is 0 Å². The first-order valence-electron chi connectivity index (χ1n) is 6.42. The van der Waals surface area contributed by atoms with E-state index in [1.54, 1.807) is 4.90 Å². The number of halogens is 3. The van der Waals surface area contributed by atoms with Crippen LogP contribution in [0.2, 0.25) is 0 Å². The van der Waals surface area contributed by atoms with Crippen LogP contribution in [0.5, 0.6) is 0 Å². The second-order valence-corrected chi connectivity index (χ2v) is 5.78. The lowest BCUT2D eigenvalue weighted by molar-refractivity contribution is -0.227. The van der Waals surface area contributed by atoms with Crippen molar-refractivity contribution in [1.29, 1.82) is 0 Å². The van der Waals surface area contributed by atoms with Crippen LogP contribution in [-0.2, 0) is 4.79 Å². The number of rotatable bonds is 2. The van der Waals surface area contributed by atoms with Crippen LogP contribution in [0.1, 0.15) is 19.8 Å². The topological polar surface area (TPSA) is 43.8 Å². The average molecular weight is 280 g/mol. The van der Waals surface area contributed by atoms with Gasteiger partial charge in [0.15, 0.2) is 5.41 Å². The van der Waals surface area contributed by atoms with Crippen LogP contribution in [0.25, 0.3) is 0 Å². The van der Waals surface area contributed by atoms with E-state index >= 15 is 0 Å². The van der Waals surface area contributed by atoms with Crippen molar-refractivity contribution in [2.24, 2.45) is 5.41 Å². The zero-order chi connectivity index (χ0) is 14.4. The molecule has 2 saturated heterocycles. The van der Waals surface area contributed by atoms with Gasteiger partial charge < -0.3 is 10.0 Å². The number of carboxylic acids is 1. The number of likely N-dealkylation sites (tertiary alicyclic amines) is 2. The summed E-state index contributed by atoms with van der Waals surface area (Å²) in [7, 11) is 1.94. The maximum Gasteiger partial charge on any atom is 0.406 e. The van der Waals surface area contributed by atoms with Gasteiger partial charge in [-0.1, -0.05) is 0 Å². The average Bonchev–Trinajstić information content (AvgIpc) is 2.83. The van der Waals surface area contributed by atoms with Gasteiger partial charge in [0.1, 0.15) is 0 Å². The summed E-state index contributed by atoms with van der Waals surface area (Å²) in [5.74, 6) is -1.75. The number of hydrogen-bond donors (Lipinski definition) is 1. The van der Waals surface area contributed by atoms with Crippen molar-refractivity contribution >= 4 is 5.97 Å². The minimum Gasteiger partial charge on any atom is -0.481 e. The fourth-order valence-electron chi connectivity index (χ4n) is 3.10. The van der Waals surface area contributed by atoms with E-state index in [2.05, 4.69) is 4.90 Å². The second kappa shape index (κ2) is 4.63. The van der Waals surface area contributed by atoms with E-state index in [4.69, 9.17) is 5.11 Å². The van der Waals surface area contributed by atoms with Gasteiger partial charge in [0.05, 0.1) is 0 Å². The van der Waals surface area contributed by atoms with Crippen molar-refractivity contribution in [3.8, 4) is 0 Å². The van der Waals surface area contributed by atoms with E-state index in [1.807, 2.05) is 14.0 Å². The Morgan fingerprint density at radius 1 is 1.42 bits per heavy atom. The molecule has 2 heterocycles. The normalized spacial score (nSPS) is 37.9. The summed E-state index contributed by atoms with van der Waals surface area (Å²) in [5.41, 5.74) is -2.59. The Bertz CT molecular complexity index is 364. The number of carboxylic acid groups (broad SMARTS) is 1. The van der Waals surface area contributed by atoms with Gasteiger partial charge in [-0.05, 0) is 26.8 Å². The minimum absolute atomic E-state index is 0.0311. The Hall–Kier alpha value is -0.820. The molecule has 7 heteroatoms. The fraction of sp³-hybridized carbons (Fsp3) is 0.917. The van der Waals surface area contributed by atoms with E-state index in [1.165, 1.54) is 0 Å². The highest BCUT2D eigenvalue weighted by molar-refractivity contribution is 5.76. The Morgan fingerprint density at radius 3 is 2.42 bits per heavy atom. The van der Waals surface area contributed by atoms with Gasteiger partial charge >= 0.3 is 12.1 Å². The highest BCUT2D eigenvalue weighted by Crippen LogP contribution is 2.46. The monoisotopic (exact) mass is 280 g/mol. The molecule has 0 aromatic carbocycles. The van der Waals surface area contributed by atoms with Gasteiger partial charge in [-0.2, -0.15) is 13.2 Å². The lowest BCUT2D eigenvalue weighted by Crippen LogP contribution is -2.48. The third kappa shape index (κ3) is 2.33. The van der Waals surface area contributed by atoms with E-state index in [-0.39, 0.29) is 19.0 Å². The molecule has 110 valence electrons. The molecule has 3 unspecified atom stereocenters. The van der Waals surface area contributed by atoms with E-state index in [9.17, 15) is 18.0 Å². The zero-order valence-corrected chi connectivity index (χ0v) is 11.1. The van der Waals surface area contributed by atoms with Crippen molar-refractivity contribution in [2.75, 3.05) is 26.7 Å². The SMILES string of the molecule is CC1CC(N2CCC(C(=O)O)(C(F)(F)F)C2)CN1C. The molecule has 0 aromatic heterocycles. The molecule has 2 aliphatic rings. The first kappa shape index (κ1) is 14.6. The smallest absolute Gasteiger partial charge is 0.406 e. The summed E-state index contributed by atoms with van der Waals surface area (Å²) in [6.07, 6.45) is -4.24. The van der Waals surface area contributed by atoms with Gasteiger partial charge in [-0.25, -0.2) is 0 Å². The Balaban J connectivity index is 2.12. The molecule has 2 rings (SSSR count). The van der Waals surface area contributed by atoms with E-state index in [0.29, 0.717) is 12.6 Å². The Morgan fingerprint density at radius 2 is 2.05 bits per heavy atom. The largest absolute Gasteiger partial charge is 0.481 e. The molecule has 0 radical (unpaired) electrons. The number of hydrogen-bond acceptors (Lipinski definition) is 3. The van der Waals surface area contributed by atoms with Crippen LogP contribution in [0, 0.1) is 5.41 Å². The summed E-state index contributed by atoms with van der Waals surface area (Å²) in [5, 5.41) is 9.01. The molecule has 0 aliphatic carbocycles. The van der Waals surface area contributed by atoms with Gasteiger partial charge in [0.2, 0.25) is 0 Å². The number of aliphatic carboxylic acids is 1. The number of carbonyl (C=O) groups is 1. The van der Waals surface area contributed by atoms with Crippen LogP contribution in [0.15, 0.2) is 0 Å². The Kier molecular flexibility index (Phi) is 3.55. The molecule has 0 bridgehead atoms. The van der Waals surface area contributed by atoms with Crippen LogP contribution >= 0.6 is 0 Å². The number of likely N-dealkylation sites (N-methyl/N-ethyl adjacent to an activating group) is 1. The van der Waals surface area contributed by atoms with Crippen molar-refractivity contribution in [2.45, 2.75) is 38.0 Å². The molecule has 0 amide bonds. The minimum atomic E-state index is -4.69. The Labute approximate surface area is 110 Å². The highest BCUT2D eigenvalue weighted by atomic mass is 19.4. The third-order valence-corrected chi connectivity index (χ3v) is 4.63. The first-order valence-corrected chi connectivity index (χ1v) is 6.42. The summed E-state index contributed by atoms with van der Waals surface area (Å²) in [4.78, 5) is 14.9. The van der Waals surface area contributed by atoms with Crippen LogP contribution < -0.4 is 0 Å². The molecular formula is C12H19F3N2O2. The zero-order valence-electron chi connectivity index (χ0n) is 11.1. The fourth-order valence-corrected chi connectivity index (χ4v) is 3.10. The molecular weight excluding hydrogens is 261 g/mol. The van der Waals surface area contributed by atoms with Crippen LogP contribution in [-0.4, -0.2) is 65.8 Å². The number of alkyl halides is 3. The highest BCUT2D eigenvalue weighted by Gasteiger charge is 2.64. The predicted octanol–water partition coefficient (Wildman–Crippen LogP) is 1.42. The standard InChI is InChI=1S/C12H19F3N2O2/c1-8-5-9(6-16(8)2)17-4-3-11(7-17,10(18)19)12(13,14)15/h8-9H,3-7H2,1-2H3,(H,18,19). The molecule has 4 nitrogen and oxygen atoms in total. The third-order valence-electron chi connectivity index (χ3n) is 4.63. The molecule has 2 aliphatic heterocycles. The molecule has 3 atom stereocenters. The van der Waals surface area contributed by atoms with E-state index < -0.39 is 24.1 Å². The molecule has 0 spiro atoms. The van der Waals surface area contributed by atoms with Crippen LogP contribution in [0.4, 0.5) is 13.2 Å². The lowest BCUT2D eigenvalue weighted by Gasteiger charge is -2.29. The van der Waals surface area contributed by atoms with Crippen molar-refractivity contribution < 1.29 is 23.1 Å². The van der Waals surface area contributed by atoms with Crippen molar-refractivity contribution in [1.82, 2.24) is 9.80 Å². The summed E-state index contributed by atoms with van der Waals surface area (Å²) in [6, 6.07) is 0.360. The molecule has 1 N–H and O–H groups in total. The summed E-state index contributed by atoms with van der Waals surface area (Å²) < 4.78 is 39.2. The lowest BCUT2D eigenvalue weighted by atomic mass is 9.86. The quantitative estimate of drug-likeness (QED) is 0.831. The molecule has 0 aromatic rings. The predicted molar refractivity (Wildman–Crippen MR) is 62.8 cm³/mol. The van der Waals surface area contributed by atoms with E-state index in [0.717, 1.165) is 6.42 Å². The van der Waals surface area contributed by atoms with Gasteiger partial charge in [0, 0.05) is 31.7 Å². The summed E-state index contributed by atoms with van der Waals surface area (Å²) in [6.45, 7) is 2.52. The maximum atomic E-state index is 13.1. The van der Waals surface area contributed by atoms with Crippen molar-refractivity contribution in [3.05, 3.63) is 0 Å². The molecule has 2 fully saturated rings. The maximum absolute atomic E-state index is 13.1. The van der Waals surface area contributed by atoms with Gasteiger partial charge in [-0.15, -0.1) is 0 Å². The molecule has 19 heavy (non-hydrogen) atoms. The number of nitrogens with zero attached hydrogens (tertiary/aromatic N) is 2. The second-order valence-electron chi connectivity index (χ2n) is 5.78. The molecule has 0 saturated carbocycles. The van der Waals surface area contributed by atoms with Crippen LogP contribution in [0.3, 0.4) is 0 Å². The van der Waals surface area contributed by atoms with Gasteiger partial charge in [-0.3, -0.25) is 9.69 Å². The summed E-state index contributed by atoms with van der Waals surface area (Å²) >= 11 is 0. The first-order chi connectivity index (χ1) is 8.67.